The summed E-state index contributed by atoms with van der Waals surface area (Å²) >= 11 is 0. The van der Waals surface area contributed by atoms with E-state index in [9.17, 15) is 14.4 Å². The van der Waals surface area contributed by atoms with Gasteiger partial charge in [0.2, 0.25) is 5.91 Å². The van der Waals surface area contributed by atoms with Crippen LogP contribution in [0.25, 0.3) is 0 Å². The third-order valence-electron chi connectivity index (χ3n) is 6.77. The lowest BCUT2D eigenvalue weighted by atomic mass is 9.77. The molecule has 2 heterocycles. The van der Waals surface area contributed by atoms with E-state index in [1.807, 2.05) is 4.90 Å². The molecule has 4 atom stereocenters. The van der Waals surface area contributed by atoms with Crippen LogP contribution in [0.4, 0.5) is 0 Å². The molecule has 2 fully saturated rings. The van der Waals surface area contributed by atoms with Gasteiger partial charge in [0.1, 0.15) is 13.2 Å². The maximum atomic E-state index is 12.6. The molecule has 1 aromatic carbocycles. The smallest absolute Gasteiger partial charge is 0.311 e. The van der Waals surface area contributed by atoms with Crippen LogP contribution >= 0.6 is 0 Å². The van der Waals surface area contributed by atoms with Crippen molar-refractivity contribution in [3.63, 3.8) is 0 Å². The van der Waals surface area contributed by atoms with Gasteiger partial charge >= 0.3 is 5.97 Å². The first kappa shape index (κ1) is 20.7. The van der Waals surface area contributed by atoms with Crippen molar-refractivity contribution in [1.29, 1.82) is 0 Å². The number of benzene rings is 1. The minimum Gasteiger partial charge on any atom is -0.486 e. The number of nitrogens with zero attached hydrogens (tertiary/aromatic N) is 1. The zero-order chi connectivity index (χ0) is 21.3. The van der Waals surface area contributed by atoms with Gasteiger partial charge in [0.05, 0.1) is 5.92 Å². The lowest BCUT2D eigenvalue weighted by Gasteiger charge is -2.39. The van der Waals surface area contributed by atoms with Crippen molar-refractivity contribution in [2.75, 3.05) is 26.4 Å². The molecule has 1 aromatic rings. The van der Waals surface area contributed by atoms with Gasteiger partial charge in [-0.15, -0.1) is 0 Å². The van der Waals surface area contributed by atoms with Crippen LogP contribution in [0.1, 0.15) is 49.9 Å². The largest absolute Gasteiger partial charge is 0.486 e. The summed E-state index contributed by atoms with van der Waals surface area (Å²) < 4.78 is 16.2. The molecule has 0 spiro atoms. The lowest BCUT2D eigenvalue weighted by Crippen LogP contribution is -2.45. The third kappa shape index (κ3) is 4.16. The number of fused-ring (bicyclic) bond motifs is 1. The second kappa shape index (κ2) is 8.66. The quantitative estimate of drug-likeness (QED) is 0.543. The fourth-order valence-electron chi connectivity index (χ4n) is 4.76. The van der Waals surface area contributed by atoms with Crippen molar-refractivity contribution in [1.82, 2.24) is 4.90 Å². The van der Waals surface area contributed by atoms with Gasteiger partial charge in [0.15, 0.2) is 23.9 Å². The summed E-state index contributed by atoms with van der Waals surface area (Å²) in [6.07, 6.45) is 3.45. The summed E-state index contributed by atoms with van der Waals surface area (Å²) in [6, 6.07) is 5.12. The minimum absolute atomic E-state index is 0.0149. The maximum absolute atomic E-state index is 12.6. The highest BCUT2D eigenvalue weighted by Crippen LogP contribution is 2.36. The Morgan fingerprint density at radius 1 is 1.13 bits per heavy atom. The van der Waals surface area contributed by atoms with Crippen molar-refractivity contribution in [2.45, 2.75) is 45.6 Å². The first-order chi connectivity index (χ1) is 14.4. The Hall–Kier alpha value is -2.57. The highest BCUT2D eigenvalue weighted by molar-refractivity contribution is 5.99. The van der Waals surface area contributed by atoms with Crippen LogP contribution in [0.15, 0.2) is 18.2 Å². The van der Waals surface area contributed by atoms with E-state index in [1.54, 1.807) is 18.2 Å². The number of likely N-dealkylation sites (tertiary alicyclic amines) is 1. The summed E-state index contributed by atoms with van der Waals surface area (Å²) in [4.78, 5) is 39.4. The van der Waals surface area contributed by atoms with E-state index >= 15 is 0 Å². The van der Waals surface area contributed by atoms with Crippen molar-refractivity contribution in [3.05, 3.63) is 23.8 Å². The molecule has 2 aliphatic heterocycles. The minimum atomic E-state index is -0.505. The van der Waals surface area contributed by atoms with Crippen molar-refractivity contribution in [3.8, 4) is 11.5 Å². The number of rotatable bonds is 5. The fraction of sp³-hybridized carbons (Fsp3) is 0.609. The maximum Gasteiger partial charge on any atom is 0.311 e. The summed E-state index contributed by atoms with van der Waals surface area (Å²) in [5.41, 5.74) is 0.404. The summed E-state index contributed by atoms with van der Waals surface area (Å²) in [5, 5.41) is 0. The Labute approximate surface area is 176 Å². The zero-order valence-corrected chi connectivity index (χ0v) is 17.6. The summed E-state index contributed by atoms with van der Waals surface area (Å²) in [6.45, 7) is 5.38. The van der Waals surface area contributed by atoms with E-state index in [0.717, 1.165) is 12.8 Å². The molecular formula is C23H29NO6. The van der Waals surface area contributed by atoms with Crippen LogP contribution in [0.2, 0.25) is 0 Å². The molecule has 1 saturated heterocycles. The first-order valence-corrected chi connectivity index (χ1v) is 10.8. The zero-order valence-electron chi connectivity index (χ0n) is 17.6. The lowest BCUT2D eigenvalue weighted by molar-refractivity contribution is -0.147. The van der Waals surface area contributed by atoms with E-state index < -0.39 is 11.9 Å². The van der Waals surface area contributed by atoms with Crippen molar-refractivity contribution >= 4 is 17.7 Å². The number of carbonyl (C=O) groups is 3. The predicted octanol–water partition coefficient (Wildman–Crippen LogP) is 2.86. The second-order valence-electron chi connectivity index (χ2n) is 8.67. The van der Waals surface area contributed by atoms with E-state index in [4.69, 9.17) is 14.2 Å². The molecule has 1 amide bonds. The number of amides is 1. The number of hydrogen-bond acceptors (Lipinski definition) is 6. The number of ketones is 1. The number of hydrogen-bond donors (Lipinski definition) is 0. The van der Waals surface area contributed by atoms with Crippen LogP contribution in [0, 0.1) is 17.8 Å². The van der Waals surface area contributed by atoms with Crippen LogP contribution in [0.5, 0.6) is 11.5 Å². The van der Waals surface area contributed by atoms with Gasteiger partial charge in [-0.3, -0.25) is 14.4 Å². The van der Waals surface area contributed by atoms with Gasteiger partial charge in [-0.05, 0) is 36.5 Å². The Bertz CT molecular complexity index is 837. The Morgan fingerprint density at radius 3 is 2.70 bits per heavy atom. The van der Waals surface area contributed by atoms with Gasteiger partial charge in [0.25, 0.3) is 0 Å². The van der Waals surface area contributed by atoms with Crippen LogP contribution in [0.3, 0.4) is 0 Å². The molecule has 30 heavy (non-hydrogen) atoms. The molecule has 3 aliphatic rings. The third-order valence-corrected chi connectivity index (χ3v) is 6.77. The van der Waals surface area contributed by atoms with Crippen LogP contribution in [-0.4, -0.2) is 55.0 Å². The molecule has 1 saturated carbocycles. The molecule has 0 unspecified atom stereocenters. The molecule has 0 bridgehead atoms. The van der Waals surface area contributed by atoms with Gasteiger partial charge in [0, 0.05) is 24.6 Å². The molecule has 4 rings (SSSR count). The van der Waals surface area contributed by atoms with Crippen molar-refractivity contribution in [2.24, 2.45) is 17.8 Å². The summed E-state index contributed by atoms with van der Waals surface area (Å²) in [5.74, 6) is 0.845. The highest BCUT2D eigenvalue weighted by atomic mass is 16.6. The number of esters is 1. The van der Waals surface area contributed by atoms with Gasteiger partial charge in [-0.2, -0.15) is 0 Å². The average molecular weight is 415 g/mol. The number of Topliss-reactive ketones (excluding diaryl/α,β-unsaturated/α-hetero) is 1. The monoisotopic (exact) mass is 415 g/mol. The van der Waals surface area contributed by atoms with E-state index in [-0.39, 0.29) is 30.8 Å². The standard InChI is InChI=1S/C23H29NO6/c1-14-4-3-5-18(15(14)2)24-12-17(11-22(24)26)23(27)30-13-19(25)16-6-7-20-21(10-16)29-9-8-28-20/h6-7,10,14-15,17-18H,3-5,8-9,11-13H2,1-2H3/t14-,15-,17-,18+/m1/s1. The topological polar surface area (TPSA) is 82.1 Å². The predicted molar refractivity (Wildman–Crippen MR) is 109 cm³/mol. The van der Waals surface area contributed by atoms with Gasteiger partial charge < -0.3 is 19.1 Å². The Morgan fingerprint density at radius 2 is 1.90 bits per heavy atom. The molecule has 1 aliphatic carbocycles. The average Bonchev–Trinajstić information content (AvgIpc) is 3.14. The van der Waals surface area contributed by atoms with E-state index in [0.29, 0.717) is 48.7 Å². The molecule has 0 aromatic heterocycles. The normalized spacial score (nSPS) is 28.3. The summed E-state index contributed by atoms with van der Waals surface area (Å²) in [7, 11) is 0. The second-order valence-corrected chi connectivity index (χ2v) is 8.67. The molecule has 7 nitrogen and oxygen atoms in total. The van der Waals surface area contributed by atoms with Crippen molar-refractivity contribution < 1.29 is 28.6 Å². The molecule has 0 N–H and O–H groups in total. The Kier molecular flexibility index (Phi) is 5.97. The molecular weight excluding hydrogens is 386 g/mol. The van der Waals surface area contributed by atoms with E-state index in [2.05, 4.69) is 13.8 Å². The number of carbonyl (C=O) groups excluding carboxylic acids is 3. The van der Waals surface area contributed by atoms with Gasteiger partial charge in [-0.25, -0.2) is 0 Å². The Balaban J connectivity index is 1.32. The van der Waals surface area contributed by atoms with Crippen LogP contribution < -0.4 is 9.47 Å². The SMILES string of the molecule is C[C@@H]1[C@H](C)CCC[C@@H]1N1C[C@H](C(=O)OCC(=O)c2ccc3c(c2)OCCO3)CC1=O. The molecule has 7 heteroatoms. The van der Waals surface area contributed by atoms with E-state index in [1.165, 1.54) is 6.42 Å². The molecule has 0 radical (unpaired) electrons. The highest BCUT2D eigenvalue weighted by Gasteiger charge is 2.42. The van der Waals surface area contributed by atoms with Gasteiger partial charge in [-0.1, -0.05) is 26.7 Å². The first-order valence-electron chi connectivity index (χ1n) is 10.8. The van der Waals surface area contributed by atoms with Crippen LogP contribution in [-0.2, 0) is 14.3 Å². The fourth-order valence-corrected chi connectivity index (χ4v) is 4.76. The number of ether oxygens (including phenoxy) is 3. The molecule has 162 valence electrons.